The van der Waals surface area contributed by atoms with Crippen LogP contribution < -0.4 is 5.32 Å². The van der Waals surface area contributed by atoms with Crippen molar-refractivity contribution in [2.75, 3.05) is 20.1 Å². The van der Waals surface area contributed by atoms with Crippen molar-refractivity contribution in [1.82, 2.24) is 25.0 Å². The molecule has 1 aromatic carbocycles. The van der Waals surface area contributed by atoms with Crippen LogP contribution in [0.4, 0.5) is 0 Å². The molecule has 6 nitrogen and oxygen atoms in total. The lowest BCUT2D eigenvalue weighted by molar-refractivity contribution is -0.126. The van der Waals surface area contributed by atoms with Crippen LogP contribution in [-0.4, -0.2) is 51.8 Å². The summed E-state index contributed by atoms with van der Waals surface area (Å²) >= 11 is 7.66. The Hall–Kier alpha value is -1.57. The Morgan fingerprint density at radius 2 is 2.19 bits per heavy atom. The molecule has 8 heteroatoms. The molecule has 1 saturated heterocycles. The van der Waals surface area contributed by atoms with Gasteiger partial charge in [-0.05, 0) is 44.1 Å². The van der Waals surface area contributed by atoms with E-state index in [9.17, 15) is 4.79 Å². The number of halogens is 1. The molecule has 0 bridgehead atoms. The topological polar surface area (TPSA) is 63.1 Å². The molecule has 2 aromatic rings. The Labute approximate surface area is 169 Å². The molecule has 0 saturated carbocycles. The fourth-order valence-electron chi connectivity index (χ4n) is 3.28. The van der Waals surface area contributed by atoms with Crippen LogP contribution in [-0.2, 0) is 24.0 Å². The quantitative estimate of drug-likeness (QED) is 0.715. The van der Waals surface area contributed by atoms with E-state index in [0.29, 0.717) is 13.0 Å². The van der Waals surface area contributed by atoms with Gasteiger partial charge in [-0.25, -0.2) is 0 Å². The maximum absolute atomic E-state index is 12.4. The number of carbonyl (C=O) groups is 1. The van der Waals surface area contributed by atoms with E-state index in [0.717, 1.165) is 46.7 Å². The predicted octanol–water partition coefficient (Wildman–Crippen LogP) is 2.90. The highest BCUT2D eigenvalue weighted by Crippen LogP contribution is 2.22. The number of likely N-dealkylation sites (tertiary alicyclic amines) is 1. The van der Waals surface area contributed by atoms with Crippen molar-refractivity contribution < 1.29 is 4.79 Å². The van der Waals surface area contributed by atoms with E-state index in [2.05, 4.69) is 20.4 Å². The van der Waals surface area contributed by atoms with Crippen LogP contribution in [0, 0.1) is 0 Å². The molecule has 2 heterocycles. The van der Waals surface area contributed by atoms with Gasteiger partial charge in [0.25, 0.3) is 0 Å². The summed E-state index contributed by atoms with van der Waals surface area (Å²) in [5, 5.41) is 13.2. The minimum Gasteiger partial charge on any atom is -0.354 e. The fraction of sp³-hybridized carbons (Fsp3) is 0.526. The summed E-state index contributed by atoms with van der Waals surface area (Å²) in [5.74, 6) is 1.79. The zero-order valence-corrected chi connectivity index (χ0v) is 17.4. The van der Waals surface area contributed by atoms with Crippen LogP contribution in [0.3, 0.4) is 0 Å². The number of nitrogens with zero attached hydrogens (tertiary/aromatic N) is 4. The van der Waals surface area contributed by atoms with Crippen LogP contribution in [0.5, 0.6) is 0 Å². The first-order valence-electron chi connectivity index (χ1n) is 9.28. The number of aromatic nitrogens is 3. The van der Waals surface area contributed by atoms with Crippen molar-refractivity contribution in [3.05, 3.63) is 40.7 Å². The lowest BCUT2D eigenvalue weighted by Crippen LogP contribution is -2.48. The molecule has 1 aliphatic heterocycles. The highest BCUT2D eigenvalue weighted by molar-refractivity contribution is 7.98. The van der Waals surface area contributed by atoms with Gasteiger partial charge in [0.15, 0.2) is 5.16 Å². The monoisotopic (exact) mass is 407 g/mol. The molecule has 27 heavy (non-hydrogen) atoms. The van der Waals surface area contributed by atoms with Crippen molar-refractivity contribution in [2.24, 2.45) is 7.05 Å². The predicted molar refractivity (Wildman–Crippen MR) is 109 cm³/mol. The van der Waals surface area contributed by atoms with Crippen molar-refractivity contribution >= 4 is 29.3 Å². The Morgan fingerprint density at radius 3 is 2.96 bits per heavy atom. The third-order valence-electron chi connectivity index (χ3n) is 4.90. The first kappa shape index (κ1) is 20.2. The van der Waals surface area contributed by atoms with E-state index in [1.54, 1.807) is 11.8 Å². The van der Waals surface area contributed by atoms with Gasteiger partial charge in [-0.2, -0.15) is 0 Å². The Bertz CT molecular complexity index is 781. The normalized spacial score (nSPS) is 17.8. The zero-order valence-electron chi connectivity index (χ0n) is 15.8. The van der Waals surface area contributed by atoms with E-state index in [1.165, 1.54) is 6.42 Å². The minimum atomic E-state index is 0.00191. The number of amides is 1. The first-order valence-corrected chi connectivity index (χ1v) is 10.6. The van der Waals surface area contributed by atoms with Crippen LogP contribution in [0.2, 0.25) is 5.02 Å². The third kappa shape index (κ3) is 5.46. The maximum atomic E-state index is 12.4. The maximum Gasteiger partial charge on any atom is 0.237 e. The molecule has 0 radical (unpaired) electrons. The third-order valence-corrected chi connectivity index (χ3v) is 6.23. The highest BCUT2D eigenvalue weighted by atomic mass is 35.5. The number of carbonyl (C=O) groups excluding carboxylic acids is 1. The molecule has 0 spiro atoms. The molecule has 1 unspecified atom stereocenters. The average molecular weight is 408 g/mol. The number of benzene rings is 1. The minimum absolute atomic E-state index is 0.00191. The van der Waals surface area contributed by atoms with Crippen molar-refractivity contribution in [2.45, 2.75) is 42.6 Å². The lowest BCUT2D eigenvalue weighted by atomic mass is 10.0. The van der Waals surface area contributed by atoms with Gasteiger partial charge < -0.3 is 9.88 Å². The Kier molecular flexibility index (Phi) is 7.15. The molecule has 1 N–H and O–H groups in total. The van der Waals surface area contributed by atoms with E-state index in [4.69, 9.17) is 11.6 Å². The standard InChI is InChI=1S/C19H26ClN5OS/c1-24-11-4-3-8-16(24)18(26)21-10-9-17-22-23-19(25(17)2)27-13-14-6-5-7-15(20)12-14/h5-7,12,16H,3-4,8-11,13H2,1-2H3,(H,21,26). The summed E-state index contributed by atoms with van der Waals surface area (Å²) in [5.41, 5.74) is 1.15. The van der Waals surface area contributed by atoms with Crippen molar-refractivity contribution in [3.63, 3.8) is 0 Å². The second kappa shape index (κ2) is 9.57. The molecule has 1 atom stereocenters. The van der Waals surface area contributed by atoms with Crippen LogP contribution >= 0.6 is 23.4 Å². The molecule has 146 valence electrons. The van der Waals surface area contributed by atoms with Gasteiger partial charge in [-0.3, -0.25) is 9.69 Å². The zero-order chi connectivity index (χ0) is 19.2. The van der Waals surface area contributed by atoms with E-state index >= 15 is 0 Å². The molecule has 3 rings (SSSR count). The number of piperidine rings is 1. The van der Waals surface area contributed by atoms with Gasteiger partial charge in [0.1, 0.15) is 5.82 Å². The van der Waals surface area contributed by atoms with E-state index in [1.807, 2.05) is 42.9 Å². The number of thioether (sulfide) groups is 1. The second-order valence-corrected chi connectivity index (χ2v) is 8.29. The Balaban J connectivity index is 1.48. The summed E-state index contributed by atoms with van der Waals surface area (Å²) in [4.78, 5) is 14.5. The number of likely N-dealkylation sites (N-methyl/N-ethyl adjacent to an activating group) is 1. The molecule has 1 amide bonds. The first-order chi connectivity index (χ1) is 13.0. The summed E-state index contributed by atoms with van der Waals surface area (Å²) in [6.07, 6.45) is 3.91. The van der Waals surface area contributed by atoms with Gasteiger partial charge in [-0.15, -0.1) is 10.2 Å². The summed E-state index contributed by atoms with van der Waals surface area (Å²) in [7, 11) is 3.99. The van der Waals surface area contributed by atoms with Gasteiger partial charge in [0.2, 0.25) is 5.91 Å². The number of hydrogen-bond donors (Lipinski definition) is 1. The molecule has 1 aliphatic rings. The summed E-state index contributed by atoms with van der Waals surface area (Å²) in [6, 6.07) is 7.84. The van der Waals surface area contributed by atoms with Crippen LogP contribution in [0.1, 0.15) is 30.7 Å². The number of rotatable bonds is 7. The number of hydrogen-bond acceptors (Lipinski definition) is 5. The van der Waals surface area contributed by atoms with E-state index in [-0.39, 0.29) is 11.9 Å². The van der Waals surface area contributed by atoms with Crippen LogP contribution in [0.15, 0.2) is 29.4 Å². The largest absolute Gasteiger partial charge is 0.354 e. The molecule has 1 aromatic heterocycles. The molecule has 0 aliphatic carbocycles. The average Bonchev–Trinajstić information content (AvgIpc) is 3.00. The fourth-order valence-corrected chi connectivity index (χ4v) is 4.37. The van der Waals surface area contributed by atoms with E-state index < -0.39 is 0 Å². The van der Waals surface area contributed by atoms with Crippen LogP contribution in [0.25, 0.3) is 0 Å². The molecular formula is C19H26ClN5OS. The lowest BCUT2D eigenvalue weighted by Gasteiger charge is -2.31. The van der Waals surface area contributed by atoms with Crippen molar-refractivity contribution in [1.29, 1.82) is 0 Å². The second-order valence-electron chi connectivity index (χ2n) is 6.91. The number of nitrogens with one attached hydrogen (secondary N) is 1. The van der Waals surface area contributed by atoms with Gasteiger partial charge >= 0.3 is 0 Å². The van der Waals surface area contributed by atoms with Gasteiger partial charge in [0, 0.05) is 30.8 Å². The smallest absolute Gasteiger partial charge is 0.237 e. The van der Waals surface area contributed by atoms with Crippen molar-refractivity contribution in [3.8, 4) is 0 Å². The van der Waals surface area contributed by atoms with Gasteiger partial charge in [0.05, 0.1) is 6.04 Å². The molecular weight excluding hydrogens is 382 g/mol. The SMILES string of the molecule is CN1CCCCC1C(=O)NCCc1nnc(SCc2cccc(Cl)c2)n1C. The Morgan fingerprint density at radius 1 is 1.33 bits per heavy atom. The summed E-state index contributed by atoms with van der Waals surface area (Å²) in [6.45, 7) is 1.57. The van der Waals surface area contributed by atoms with Gasteiger partial charge in [-0.1, -0.05) is 41.9 Å². The molecule has 1 fully saturated rings. The summed E-state index contributed by atoms with van der Waals surface area (Å²) < 4.78 is 1.99. The highest BCUT2D eigenvalue weighted by Gasteiger charge is 2.25.